The van der Waals surface area contributed by atoms with Crippen molar-refractivity contribution in [3.63, 3.8) is 0 Å². The van der Waals surface area contributed by atoms with Crippen molar-refractivity contribution in [1.82, 2.24) is 10.3 Å². The highest BCUT2D eigenvalue weighted by Gasteiger charge is 2.18. The molecule has 0 fully saturated rings. The summed E-state index contributed by atoms with van der Waals surface area (Å²) in [5, 5.41) is 2.63. The second-order valence-corrected chi connectivity index (χ2v) is 5.46. The quantitative estimate of drug-likeness (QED) is 0.865. The number of carbonyl (C=O) groups excluding carboxylic acids is 1. The maximum absolute atomic E-state index is 12.0. The molecule has 7 nitrogen and oxygen atoms in total. The lowest BCUT2D eigenvalue weighted by Gasteiger charge is -2.18. The number of rotatable bonds is 6. The normalized spacial score (nSPS) is 10.2. The van der Waals surface area contributed by atoms with Crippen molar-refractivity contribution >= 4 is 11.7 Å². The van der Waals surface area contributed by atoms with Gasteiger partial charge in [0.2, 0.25) is 5.75 Å². The van der Waals surface area contributed by atoms with E-state index in [9.17, 15) is 4.79 Å². The first-order valence-corrected chi connectivity index (χ1v) is 7.67. The fraction of sp³-hybridized carbons (Fsp3) is 0.333. The molecule has 2 rings (SSSR count). The number of hydrogen-bond donors (Lipinski definition) is 1. The molecule has 0 saturated heterocycles. The van der Waals surface area contributed by atoms with Crippen LogP contribution in [0.15, 0.2) is 24.3 Å². The van der Waals surface area contributed by atoms with Gasteiger partial charge >= 0.3 is 0 Å². The smallest absolute Gasteiger partial charge is 0.254 e. The molecule has 25 heavy (non-hydrogen) atoms. The van der Waals surface area contributed by atoms with Gasteiger partial charge in [0.25, 0.3) is 5.91 Å². The van der Waals surface area contributed by atoms with Crippen LogP contribution in [0, 0.1) is 0 Å². The van der Waals surface area contributed by atoms with E-state index in [1.165, 1.54) is 0 Å². The molecule has 0 radical (unpaired) electrons. The number of methoxy groups -OCH3 is 3. The van der Waals surface area contributed by atoms with Crippen molar-refractivity contribution in [3.8, 4) is 28.5 Å². The van der Waals surface area contributed by atoms with Crippen LogP contribution in [0.1, 0.15) is 10.4 Å². The number of nitrogens with one attached hydrogen (secondary N) is 1. The van der Waals surface area contributed by atoms with Gasteiger partial charge in [0.15, 0.2) is 11.5 Å². The Hall–Kier alpha value is -2.96. The first kappa shape index (κ1) is 18.4. The molecule has 1 N–H and O–H groups in total. The largest absolute Gasteiger partial charge is 0.493 e. The summed E-state index contributed by atoms with van der Waals surface area (Å²) in [4.78, 5) is 18.5. The molecule has 0 aliphatic rings. The van der Waals surface area contributed by atoms with Gasteiger partial charge in [-0.3, -0.25) is 4.79 Å². The summed E-state index contributed by atoms with van der Waals surface area (Å²) in [6, 6.07) is 7.18. The zero-order valence-electron chi connectivity index (χ0n) is 15.3. The van der Waals surface area contributed by atoms with Crippen LogP contribution in [0.3, 0.4) is 0 Å². The molecule has 1 aromatic heterocycles. The molecule has 7 heteroatoms. The van der Waals surface area contributed by atoms with Gasteiger partial charge in [-0.15, -0.1) is 0 Å². The Morgan fingerprint density at radius 3 is 2.08 bits per heavy atom. The molecule has 2 aromatic rings. The van der Waals surface area contributed by atoms with Crippen molar-refractivity contribution in [2.45, 2.75) is 0 Å². The zero-order chi connectivity index (χ0) is 18.6. The SMILES string of the molecule is CNC(=O)c1ccc(-c2cc(OC)c(OC)c(OC)c2)nc1N(C)C. The van der Waals surface area contributed by atoms with Gasteiger partial charge < -0.3 is 24.4 Å². The minimum absolute atomic E-state index is 0.187. The first-order chi connectivity index (χ1) is 12.0. The van der Waals surface area contributed by atoms with Crippen molar-refractivity contribution < 1.29 is 19.0 Å². The standard InChI is InChI=1S/C18H23N3O4/c1-19-18(22)12-7-8-13(20-17(12)21(2)3)11-9-14(23-4)16(25-6)15(10-11)24-5/h7-10H,1-6H3,(H,19,22). The van der Waals surface area contributed by atoms with E-state index < -0.39 is 0 Å². The number of anilines is 1. The van der Waals surface area contributed by atoms with Crippen molar-refractivity contribution in [3.05, 3.63) is 29.8 Å². The lowest BCUT2D eigenvalue weighted by molar-refractivity contribution is 0.0963. The van der Waals surface area contributed by atoms with E-state index in [0.29, 0.717) is 34.3 Å². The number of amides is 1. The molecular formula is C18H23N3O4. The number of ether oxygens (including phenoxy) is 3. The monoisotopic (exact) mass is 345 g/mol. The van der Waals surface area contributed by atoms with Crippen LogP contribution in [0.2, 0.25) is 0 Å². The van der Waals surface area contributed by atoms with E-state index in [1.807, 2.05) is 26.2 Å². The molecule has 134 valence electrons. The second kappa shape index (κ2) is 7.74. The summed E-state index contributed by atoms with van der Waals surface area (Å²) >= 11 is 0. The summed E-state index contributed by atoms with van der Waals surface area (Å²) in [6.45, 7) is 0. The van der Waals surface area contributed by atoms with Crippen LogP contribution in [0.4, 0.5) is 5.82 Å². The van der Waals surface area contributed by atoms with Crippen LogP contribution < -0.4 is 24.4 Å². The maximum Gasteiger partial charge on any atom is 0.254 e. The van der Waals surface area contributed by atoms with Crippen molar-refractivity contribution in [2.75, 3.05) is 47.4 Å². The molecule has 0 atom stereocenters. The number of pyridine rings is 1. The topological polar surface area (TPSA) is 72.9 Å². The summed E-state index contributed by atoms with van der Waals surface area (Å²) in [5.74, 6) is 1.99. The molecule has 0 bridgehead atoms. The Balaban J connectivity index is 2.62. The Bertz CT molecular complexity index is 750. The third-order valence-electron chi connectivity index (χ3n) is 3.73. The number of nitrogens with zero attached hydrogens (tertiary/aromatic N) is 2. The summed E-state index contributed by atoms with van der Waals surface area (Å²) in [6.07, 6.45) is 0. The highest BCUT2D eigenvalue weighted by atomic mass is 16.5. The van der Waals surface area contributed by atoms with E-state index in [2.05, 4.69) is 10.3 Å². The molecule has 0 unspecified atom stereocenters. The van der Waals surface area contributed by atoms with Gasteiger partial charge in [-0.05, 0) is 24.3 Å². The lowest BCUT2D eigenvalue weighted by atomic mass is 10.1. The molecular weight excluding hydrogens is 322 g/mol. The van der Waals surface area contributed by atoms with Crippen LogP contribution in [-0.2, 0) is 0 Å². The van der Waals surface area contributed by atoms with E-state index in [-0.39, 0.29) is 5.91 Å². The Morgan fingerprint density at radius 2 is 1.64 bits per heavy atom. The number of carbonyl (C=O) groups is 1. The third-order valence-corrected chi connectivity index (χ3v) is 3.73. The maximum atomic E-state index is 12.0. The van der Waals surface area contributed by atoms with E-state index in [0.717, 1.165) is 5.56 Å². The highest BCUT2D eigenvalue weighted by Crippen LogP contribution is 2.41. The van der Waals surface area contributed by atoms with Crippen molar-refractivity contribution in [1.29, 1.82) is 0 Å². The van der Waals surface area contributed by atoms with Crippen LogP contribution in [-0.4, -0.2) is 53.4 Å². The minimum Gasteiger partial charge on any atom is -0.493 e. The fourth-order valence-corrected chi connectivity index (χ4v) is 2.49. The number of aromatic nitrogens is 1. The van der Waals surface area contributed by atoms with E-state index >= 15 is 0 Å². The molecule has 1 amide bonds. The minimum atomic E-state index is -0.187. The Morgan fingerprint density at radius 1 is 1.04 bits per heavy atom. The first-order valence-electron chi connectivity index (χ1n) is 7.67. The Labute approximate surface area is 147 Å². The van der Waals surface area contributed by atoms with Gasteiger partial charge in [-0.2, -0.15) is 0 Å². The van der Waals surface area contributed by atoms with Gasteiger partial charge in [0, 0.05) is 26.7 Å². The number of hydrogen-bond acceptors (Lipinski definition) is 6. The van der Waals surface area contributed by atoms with Crippen LogP contribution in [0.5, 0.6) is 17.2 Å². The highest BCUT2D eigenvalue weighted by molar-refractivity contribution is 5.99. The van der Waals surface area contributed by atoms with Gasteiger partial charge in [0.05, 0.1) is 32.6 Å². The lowest BCUT2D eigenvalue weighted by Crippen LogP contribution is -2.23. The molecule has 0 saturated carbocycles. The molecule has 1 aromatic carbocycles. The zero-order valence-corrected chi connectivity index (χ0v) is 15.3. The summed E-state index contributed by atoms with van der Waals surface area (Å²) < 4.78 is 16.1. The van der Waals surface area contributed by atoms with Gasteiger partial charge in [-0.25, -0.2) is 4.98 Å². The van der Waals surface area contributed by atoms with Crippen LogP contribution >= 0.6 is 0 Å². The van der Waals surface area contributed by atoms with Crippen molar-refractivity contribution in [2.24, 2.45) is 0 Å². The Kier molecular flexibility index (Phi) is 5.69. The average molecular weight is 345 g/mol. The number of benzene rings is 1. The fourth-order valence-electron chi connectivity index (χ4n) is 2.49. The van der Waals surface area contributed by atoms with Gasteiger partial charge in [-0.1, -0.05) is 0 Å². The predicted octanol–water partition coefficient (Wildman–Crippen LogP) is 2.20. The summed E-state index contributed by atoms with van der Waals surface area (Å²) in [5.41, 5.74) is 1.99. The molecule has 1 heterocycles. The van der Waals surface area contributed by atoms with Gasteiger partial charge in [0.1, 0.15) is 5.82 Å². The second-order valence-electron chi connectivity index (χ2n) is 5.46. The summed E-state index contributed by atoms with van der Waals surface area (Å²) in [7, 11) is 9.96. The molecule has 0 aliphatic heterocycles. The van der Waals surface area contributed by atoms with E-state index in [1.54, 1.807) is 45.4 Å². The predicted molar refractivity (Wildman–Crippen MR) is 97.0 cm³/mol. The van der Waals surface area contributed by atoms with Crippen LogP contribution in [0.25, 0.3) is 11.3 Å². The molecule has 0 spiro atoms. The molecule has 0 aliphatic carbocycles. The third kappa shape index (κ3) is 3.60. The van der Waals surface area contributed by atoms with E-state index in [4.69, 9.17) is 14.2 Å². The average Bonchev–Trinajstić information content (AvgIpc) is 2.65.